The molecule has 0 spiro atoms. The fourth-order valence-electron chi connectivity index (χ4n) is 2.98. The second-order valence-corrected chi connectivity index (χ2v) is 7.05. The average Bonchev–Trinajstić information content (AvgIpc) is 3.07. The van der Waals surface area contributed by atoms with Gasteiger partial charge in [-0.3, -0.25) is 4.40 Å². The molecular formula is C22H19ClN4O. The molecule has 6 heteroatoms. The molecule has 0 amide bonds. The predicted molar refractivity (Wildman–Crippen MR) is 115 cm³/mol. The Hall–Kier alpha value is -3.31. The van der Waals surface area contributed by atoms with E-state index in [0.717, 1.165) is 22.6 Å². The molecule has 4 rings (SSSR count). The number of rotatable bonds is 4. The summed E-state index contributed by atoms with van der Waals surface area (Å²) in [5, 5.41) is 10.6. The number of pyridine rings is 1. The van der Waals surface area contributed by atoms with Crippen LogP contribution in [0.3, 0.4) is 0 Å². The number of phenolic OH excluding ortho intramolecular Hbond substituents is 1. The van der Waals surface area contributed by atoms with E-state index in [-0.39, 0.29) is 5.75 Å². The van der Waals surface area contributed by atoms with Crippen molar-refractivity contribution in [2.24, 2.45) is 4.99 Å². The fraction of sp³-hybridized carbons (Fsp3) is 0.0909. The van der Waals surface area contributed by atoms with Gasteiger partial charge in [0.15, 0.2) is 5.82 Å². The second kappa shape index (κ2) is 7.37. The van der Waals surface area contributed by atoms with Crippen molar-refractivity contribution >= 4 is 35.0 Å². The van der Waals surface area contributed by atoms with Crippen LogP contribution >= 0.6 is 11.6 Å². The molecule has 0 aliphatic carbocycles. The molecular weight excluding hydrogens is 372 g/mol. The van der Waals surface area contributed by atoms with Gasteiger partial charge in [0.05, 0.1) is 0 Å². The molecule has 140 valence electrons. The number of imidazole rings is 1. The highest BCUT2D eigenvalue weighted by atomic mass is 35.5. The minimum Gasteiger partial charge on any atom is -0.507 e. The molecule has 0 saturated carbocycles. The van der Waals surface area contributed by atoms with E-state index < -0.39 is 0 Å². The van der Waals surface area contributed by atoms with Gasteiger partial charge in [-0.1, -0.05) is 29.8 Å². The van der Waals surface area contributed by atoms with E-state index in [1.54, 1.807) is 24.4 Å². The minimum absolute atomic E-state index is 0.124. The number of hydrogen-bond acceptors (Lipinski definition) is 4. The molecule has 0 radical (unpaired) electrons. The third kappa shape index (κ3) is 3.44. The summed E-state index contributed by atoms with van der Waals surface area (Å²) in [6, 6.07) is 18.9. The van der Waals surface area contributed by atoms with Crippen molar-refractivity contribution in [2.45, 2.75) is 0 Å². The molecule has 2 aromatic carbocycles. The maximum atomic E-state index is 10.1. The van der Waals surface area contributed by atoms with E-state index in [1.807, 2.05) is 55.0 Å². The number of aliphatic imine (C=N–C) groups is 1. The third-order valence-electron chi connectivity index (χ3n) is 4.48. The number of aromatic nitrogens is 2. The number of benzene rings is 2. The maximum absolute atomic E-state index is 10.1. The van der Waals surface area contributed by atoms with Crippen molar-refractivity contribution in [1.82, 2.24) is 9.38 Å². The van der Waals surface area contributed by atoms with E-state index in [2.05, 4.69) is 22.0 Å². The first-order valence-electron chi connectivity index (χ1n) is 8.80. The topological polar surface area (TPSA) is 53.1 Å². The van der Waals surface area contributed by atoms with Crippen molar-refractivity contribution in [3.8, 4) is 17.0 Å². The lowest BCUT2D eigenvalue weighted by molar-refractivity contribution is 0.474. The highest BCUT2D eigenvalue weighted by Gasteiger charge is 2.13. The van der Waals surface area contributed by atoms with Gasteiger partial charge in [0.1, 0.15) is 17.1 Å². The molecule has 0 saturated heterocycles. The van der Waals surface area contributed by atoms with Gasteiger partial charge < -0.3 is 10.0 Å². The van der Waals surface area contributed by atoms with Crippen molar-refractivity contribution in [2.75, 3.05) is 19.0 Å². The average molecular weight is 391 g/mol. The van der Waals surface area contributed by atoms with Gasteiger partial charge in [0.2, 0.25) is 0 Å². The lowest BCUT2D eigenvalue weighted by atomic mass is 10.1. The molecule has 2 heterocycles. The summed E-state index contributed by atoms with van der Waals surface area (Å²) < 4.78 is 1.92. The Bertz CT molecular complexity index is 1160. The van der Waals surface area contributed by atoms with Gasteiger partial charge in [-0.25, -0.2) is 9.98 Å². The Morgan fingerprint density at radius 3 is 2.61 bits per heavy atom. The molecule has 5 nitrogen and oxygen atoms in total. The zero-order valence-corrected chi connectivity index (χ0v) is 16.3. The van der Waals surface area contributed by atoms with Crippen LogP contribution in [-0.4, -0.2) is 34.8 Å². The maximum Gasteiger partial charge on any atom is 0.165 e. The van der Waals surface area contributed by atoms with Gasteiger partial charge in [0.25, 0.3) is 0 Å². The zero-order chi connectivity index (χ0) is 19.7. The molecule has 0 bridgehead atoms. The summed E-state index contributed by atoms with van der Waals surface area (Å²) in [6.07, 6.45) is 3.53. The molecule has 28 heavy (non-hydrogen) atoms. The standard InChI is InChI=1S/C22H19ClN4O/c1-26(2)18-9-6-15(7-10-18)21-22(27-12-4-3-5-20(27)25-21)24-14-16-13-17(23)8-11-19(16)28/h3-14,28H,1-2H3/b24-14+. The summed E-state index contributed by atoms with van der Waals surface area (Å²) in [5.74, 6) is 0.812. The SMILES string of the molecule is CN(C)c1ccc(-c2nc3ccccn3c2/N=C/c2cc(Cl)ccc2O)cc1. The summed E-state index contributed by atoms with van der Waals surface area (Å²) in [5.41, 5.74) is 4.20. The number of hydrogen-bond donors (Lipinski definition) is 1. The monoisotopic (exact) mass is 390 g/mol. The van der Waals surface area contributed by atoms with Crippen LogP contribution in [0.5, 0.6) is 5.75 Å². The summed E-state index contributed by atoms with van der Waals surface area (Å²) in [4.78, 5) is 11.5. The summed E-state index contributed by atoms with van der Waals surface area (Å²) in [7, 11) is 4.01. The molecule has 2 aromatic heterocycles. The first-order chi connectivity index (χ1) is 13.5. The number of phenols is 1. The van der Waals surface area contributed by atoms with E-state index in [9.17, 15) is 5.11 Å². The molecule has 0 atom stereocenters. The van der Waals surface area contributed by atoms with Gasteiger partial charge in [0, 0.05) is 48.3 Å². The lowest BCUT2D eigenvalue weighted by Crippen LogP contribution is -2.07. The van der Waals surface area contributed by atoms with Crippen molar-refractivity contribution < 1.29 is 5.11 Å². The Balaban J connectivity index is 1.83. The predicted octanol–water partition coefficient (Wildman–Crippen LogP) is 5.18. The number of fused-ring (bicyclic) bond motifs is 1. The Morgan fingerprint density at radius 1 is 1.07 bits per heavy atom. The van der Waals surface area contributed by atoms with E-state index in [0.29, 0.717) is 16.4 Å². The molecule has 0 aliphatic heterocycles. The van der Waals surface area contributed by atoms with Crippen LogP contribution in [0.15, 0.2) is 71.9 Å². The minimum atomic E-state index is 0.124. The van der Waals surface area contributed by atoms with Crippen molar-refractivity contribution in [1.29, 1.82) is 0 Å². The van der Waals surface area contributed by atoms with Crippen LogP contribution in [0.4, 0.5) is 11.5 Å². The number of halogens is 1. The highest BCUT2D eigenvalue weighted by Crippen LogP contribution is 2.32. The first-order valence-corrected chi connectivity index (χ1v) is 9.18. The van der Waals surface area contributed by atoms with E-state index in [1.165, 1.54) is 0 Å². The first kappa shape index (κ1) is 18.1. The second-order valence-electron chi connectivity index (χ2n) is 6.62. The van der Waals surface area contributed by atoms with E-state index in [4.69, 9.17) is 16.6 Å². The van der Waals surface area contributed by atoms with Crippen LogP contribution in [0.25, 0.3) is 16.9 Å². The summed E-state index contributed by atoms with van der Waals surface area (Å²) >= 11 is 6.05. The number of anilines is 1. The Labute approximate surface area is 168 Å². The van der Waals surface area contributed by atoms with Crippen LogP contribution in [0.1, 0.15) is 5.56 Å². The van der Waals surface area contributed by atoms with Crippen molar-refractivity contribution in [3.63, 3.8) is 0 Å². The zero-order valence-electron chi connectivity index (χ0n) is 15.5. The van der Waals surface area contributed by atoms with Gasteiger partial charge in [-0.05, 0) is 42.5 Å². The number of aromatic hydroxyl groups is 1. The summed E-state index contributed by atoms with van der Waals surface area (Å²) in [6.45, 7) is 0. The van der Waals surface area contributed by atoms with Gasteiger partial charge in [-0.2, -0.15) is 0 Å². The normalized spacial score (nSPS) is 11.4. The van der Waals surface area contributed by atoms with Gasteiger partial charge >= 0.3 is 0 Å². The smallest absolute Gasteiger partial charge is 0.165 e. The Kier molecular flexibility index (Phi) is 4.75. The molecule has 0 fully saturated rings. The van der Waals surface area contributed by atoms with Crippen LogP contribution in [0.2, 0.25) is 5.02 Å². The van der Waals surface area contributed by atoms with Crippen molar-refractivity contribution in [3.05, 3.63) is 77.4 Å². The molecule has 1 N–H and O–H groups in total. The van der Waals surface area contributed by atoms with Crippen LogP contribution in [-0.2, 0) is 0 Å². The third-order valence-corrected chi connectivity index (χ3v) is 4.71. The Morgan fingerprint density at radius 2 is 1.86 bits per heavy atom. The van der Waals surface area contributed by atoms with E-state index >= 15 is 0 Å². The number of nitrogens with zero attached hydrogens (tertiary/aromatic N) is 4. The fourth-order valence-corrected chi connectivity index (χ4v) is 3.16. The highest BCUT2D eigenvalue weighted by molar-refractivity contribution is 6.30. The quantitative estimate of drug-likeness (QED) is 0.488. The molecule has 0 aliphatic rings. The largest absolute Gasteiger partial charge is 0.507 e. The van der Waals surface area contributed by atoms with Crippen LogP contribution in [0, 0.1) is 0 Å². The molecule has 0 unspecified atom stereocenters. The lowest BCUT2D eigenvalue weighted by Gasteiger charge is -2.12. The molecule has 4 aromatic rings. The van der Waals surface area contributed by atoms with Gasteiger partial charge in [-0.15, -0.1) is 0 Å². The van der Waals surface area contributed by atoms with Crippen LogP contribution < -0.4 is 4.90 Å².